The van der Waals surface area contributed by atoms with E-state index in [2.05, 4.69) is 12.2 Å². The van der Waals surface area contributed by atoms with Crippen molar-refractivity contribution >= 4 is 17.4 Å². The highest BCUT2D eigenvalue weighted by Crippen LogP contribution is 2.16. The van der Waals surface area contributed by atoms with Crippen molar-refractivity contribution in [3.63, 3.8) is 0 Å². The molecule has 1 aromatic carbocycles. The Bertz CT molecular complexity index is 305. The van der Waals surface area contributed by atoms with Crippen molar-refractivity contribution in [2.75, 3.05) is 23.4 Å². The molecule has 1 rings (SSSR count). The minimum Gasteiger partial charge on any atom is -0.383 e. The summed E-state index contributed by atoms with van der Waals surface area (Å²) < 4.78 is 25.9. The molecule has 0 aromatic heterocycles. The van der Waals surface area contributed by atoms with Crippen LogP contribution >= 0.6 is 11.8 Å². The third-order valence-corrected chi connectivity index (χ3v) is 2.92. The van der Waals surface area contributed by atoms with Crippen LogP contribution in [0, 0.1) is 11.6 Å². The molecule has 0 aliphatic rings. The highest BCUT2D eigenvalue weighted by atomic mass is 32.2. The van der Waals surface area contributed by atoms with Gasteiger partial charge in [0, 0.05) is 6.54 Å². The normalized spacial score (nSPS) is 10.3. The molecule has 0 heterocycles. The second-order valence-corrected chi connectivity index (χ2v) is 4.47. The number of nitrogens with one attached hydrogen (secondary N) is 1. The number of halogens is 2. The first kappa shape index (κ1) is 12.3. The SMILES string of the molecule is CCSCCCNc1cccc(F)c1F. The molecule has 1 N–H and O–H groups in total. The fourth-order valence-electron chi connectivity index (χ4n) is 1.18. The molecule has 0 aliphatic heterocycles. The number of rotatable bonds is 6. The van der Waals surface area contributed by atoms with Crippen molar-refractivity contribution in [3.8, 4) is 0 Å². The van der Waals surface area contributed by atoms with Gasteiger partial charge in [-0.1, -0.05) is 13.0 Å². The molecule has 0 radical (unpaired) electrons. The first-order valence-corrected chi connectivity index (χ1v) is 6.16. The Labute approximate surface area is 93.3 Å². The molecule has 0 aliphatic carbocycles. The Balaban J connectivity index is 2.34. The molecule has 15 heavy (non-hydrogen) atoms. The summed E-state index contributed by atoms with van der Waals surface area (Å²) in [6.07, 6.45) is 0.953. The number of anilines is 1. The third kappa shape index (κ3) is 4.08. The van der Waals surface area contributed by atoms with Crippen LogP contribution in [0.1, 0.15) is 13.3 Å². The number of hydrogen-bond acceptors (Lipinski definition) is 2. The van der Waals surface area contributed by atoms with E-state index in [1.807, 2.05) is 11.8 Å². The van der Waals surface area contributed by atoms with Crippen LogP contribution in [0.4, 0.5) is 14.5 Å². The maximum Gasteiger partial charge on any atom is 0.181 e. The van der Waals surface area contributed by atoms with Crippen LogP contribution in [0.25, 0.3) is 0 Å². The van der Waals surface area contributed by atoms with Gasteiger partial charge in [-0.15, -0.1) is 0 Å². The zero-order valence-electron chi connectivity index (χ0n) is 8.72. The highest BCUT2D eigenvalue weighted by Gasteiger charge is 2.05. The number of benzene rings is 1. The van der Waals surface area contributed by atoms with Crippen LogP contribution in [0.15, 0.2) is 18.2 Å². The Morgan fingerprint density at radius 2 is 2.13 bits per heavy atom. The molecule has 0 saturated carbocycles. The van der Waals surface area contributed by atoms with Gasteiger partial charge in [0.05, 0.1) is 5.69 Å². The van der Waals surface area contributed by atoms with Crippen LogP contribution in [-0.4, -0.2) is 18.1 Å². The van der Waals surface area contributed by atoms with E-state index in [1.165, 1.54) is 6.07 Å². The highest BCUT2D eigenvalue weighted by molar-refractivity contribution is 7.99. The lowest BCUT2D eigenvalue weighted by atomic mass is 10.3. The average Bonchev–Trinajstić information content (AvgIpc) is 2.24. The van der Waals surface area contributed by atoms with Gasteiger partial charge in [-0.2, -0.15) is 11.8 Å². The molecule has 1 nitrogen and oxygen atoms in total. The molecule has 0 bridgehead atoms. The Kier molecular flexibility index (Phi) is 5.47. The fraction of sp³-hybridized carbons (Fsp3) is 0.455. The second-order valence-electron chi connectivity index (χ2n) is 3.08. The largest absolute Gasteiger partial charge is 0.383 e. The minimum atomic E-state index is -0.803. The molecule has 0 fully saturated rings. The van der Waals surface area contributed by atoms with E-state index in [9.17, 15) is 8.78 Å². The predicted molar refractivity (Wildman–Crippen MR) is 62.5 cm³/mol. The zero-order valence-corrected chi connectivity index (χ0v) is 9.54. The maximum atomic E-state index is 13.1. The summed E-state index contributed by atoms with van der Waals surface area (Å²) >= 11 is 1.84. The standard InChI is InChI=1S/C11H15F2NS/c1-2-15-8-4-7-14-10-6-3-5-9(12)11(10)13/h3,5-6,14H,2,4,7-8H2,1H3. The number of hydrogen-bond donors (Lipinski definition) is 1. The van der Waals surface area contributed by atoms with Crippen molar-refractivity contribution in [2.24, 2.45) is 0 Å². The molecular formula is C11H15F2NS. The van der Waals surface area contributed by atoms with Gasteiger partial charge in [-0.25, -0.2) is 8.78 Å². The Morgan fingerprint density at radius 1 is 1.33 bits per heavy atom. The fourth-order valence-corrected chi connectivity index (χ4v) is 1.82. The van der Waals surface area contributed by atoms with Crippen LogP contribution in [-0.2, 0) is 0 Å². The molecule has 0 spiro atoms. The lowest BCUT2D eigenvalue weighted by molar-refractivity contribution is 0.511. The van der Waals surface area contributed by atoms with E-state index in [0.29, 0.717) is 6.54 Å². The lowest BCUT2D eigenvalue weighted by Gasteiger charge is -2.07. The summed E-state index contributed by atoms with van der Waals surface area (Å²) in [5, 5.41) is 2.88. The van der Waals surface area contributed by atoms with Gasteiger partial charge < -0.3 is 5.32 Å². The van der Waals surface area contributed by atoms with Gasteiger partial charge in [0.25, 0.3) is 0 Å². The van der Waals surface area contributed by atoms with Crippen LogP contribution in [0.5, 0.6) is 0 Å². The average molecular weight is 231 g/mol. The summed E-state index contributed by atoms with van der Waals surface area (Å²) in [7, 11) is 0. The van der Waals surface area contributed by atoms with Crippen molar-refractivity contribution in [2.45, 2.75) is 13.3 Å². The van der Waals surface area contributed by atoms with Gasteiger partial charge in [-0.05, 0) is 30.1 Å². The van der Waals surface area contributed by atoms with Crippen molar-refractivity contribution in [1.82, 2.24) is 0 Å². The smallest absolute Gasteiger partial charge is 0.181 e. The predicted octanol–water partition coefficient (Wildman–Crippen LogP) is 3.52. The van der Waals surface area contributed by atoms with Gasteiger partial charge in [-0.3, -0.25) is 0 Å². The minimum absolute atomic E-state index is 0.247. The van der Waals surface area contributed by atoms with E-state index in [1.54, 1.807) is 6.07 Å². The van der Waals surface area contributed by atoms with E-state index in [0.717, 1.165) is 24.0 Å². The molecule has 4 heteroatoms. The molecule has 0 saturated heterocycles. The topological polar surface area (TPSA) is 12.0 Å². The van der Waals surface area contributed by atoms with Crippen LogP contribution in [0.2, 0.25) is 0 Å². The second kappa shape index (κ2) is 6.67. The molecule has 84 valence electrons. The molecule has 0 unspecified atom stereocenters. The monoisotopic (exact) mass is 231 g/mol. The van der Waals surface area contributed by atoms with Gasteiger partial charge in [0.2, 0.25) is 0 Å². The van der Waals surface area contributed by atoms with Crippen molar-refractivity contribution in [1.29, 1.82) is 0 Å². The first-order valence-electron chi connectivity index (χ1n) is 5.01. The molecule has 0 amide bonds. The summed E-state index contributed by atoms with van der Waals surface area (Å²) in [6, 6.07) is 4.17. The van der Waals surface area contributed by atoms with E-state index < -0.39 is 11.6 Å². The van der Waals surface area contributed by atoms with E-state index in [-0.39, 0.29) is 5.69 Å². The zero-order chi connectivity index (χ0) is 11.1. The summed E-state index contributed by atoms with van der Waals surface area (Å²) in [6.45, 7) is 2.78. The molecular weight excluding hydrogens is 216 g/mol. The maximum absolute atomic E-state index is 13.1. The summed E-state index contributed by atoms with van der Waals surface area (Å²) in [5.74, 6) is 0.540. The third-order valence-electron chi connectivity index (χ3n) is 1.94. The number of thioether (sulfide) groups is 1. The summed E-state index contributed by atoms with van der Waals surface area (Å²) in [4.78, 5) is 0. The molecule has 0 atom stereocenters. The molecule has 1 aromatic rings. The Hall–Kier alpha value is -0.770. The lowest BCUT2D eigenvalue weighted by Crippen LogP contribution is -2.05. The van der Waals surface area contributed by atoms with E-state index >= 15 is 0 Å². The van der Waals surface area contributed by atoms with Crippen LogP contribution in [0.3, 0.4) is 0 Å². The van der Waals surface area contributed by atoms with E-state index in [4.69, 9.17) is 0 Å². The van der Waals surface area contributed by atoms with Gasteiger partial charge >= 0.3 is 0 Å². The van der Waals surface area contributed by atoms with Gasteiger partial charge in [0.1, 0.15) is 0 Å². The Morgan fingerprint density at radius 3 is 2.87 bits per heavy atom. The van der Waals surface area contributed by atoms with Crippen LogP contribution < -0.4 is 5.32 Å². The van der Waals surface area contributed by atoms with Crippen molar-refractivity contribution in [3.05, 3.63) is 29.8 Å². The summed E-state index contributed by atoms with van der Waals surface area (Å²) in [5.41, 5.74) is 0.247. The van der Waals surface area contributed by atoms with Gasteiger partial charge in [0.15, 0.2) is 11.6 Å². The first-order chi connectivity index (χ1) is 7.25. The van der Waals surface area contributed by atoms with Crippen molar-refractivity contribution < 1.29 is 8.78 Å². The quantitative estimate of drug-likeness (QED) is 0.752.